The number of hydrogen-bond acceptors (Lipinski definition) is 2. The van der Waals surface area contributed by atoms with Crippen LogP contribution in [0.2, 0.25) is 0 Å². The van der Waals surface area contributed by atoms with Crippen LogP contribution in [0.5, 0.6) is 0 Å². The summed E-state index contributed by atoms with van der Waals surface area (Å²) in [5.74, 6) is 1.01. The fourth-order valence-corrected chi connectivity index (χ4v) is 3.05. The van der Waals surface area contributed by atoms with E-state index in [-0.39, 0.29) is 5.82 Å². The molecule has 2 nitrogen and oxygen atoms in total. The maximum atomic E-state index is 13.6. The van der Waals surface area contributed by atoms with Gasteiger partial charge in [-0.15, -0.1) is 0 Å². The van der Waals surface area contributed by atoms with E-state index in [0.29, 0.717) is 22.0 Å². The molecule has 1 aromatic carbocycles. The van der Waals surface area contributed by atoms with E-state index < -0.39 is 0 Å². The largest absolute Gasteiger partial charge is 0.397 e. The van der Waals surface area contributed by atoms with Crippen molar-refractivity contribution in [2.75, 3.05) is 23.7 Å². The molecule has 17 heavy (non-hydrogen) atoms. The van der Waals surface area contributed by atoms with Crippen LogP contribution in [0.3, 0.4) is 0 Å². The van der Waals surface area contributed by atoms with Crippen LogP contribution < -0.4 is 10.6 Å². The van der Waals surface area contributed by atoms with Gasteiger partial charge in [0.1, 0.15) is 5.82 Å². The summed E-state index contributed by atoms with van der Waals surface area (Å²) in [6, 6.07) is 3.18. The molecule has 1 aliphatic heterocycles. The Hall–Kier alpha value is -0.770. The zero-order valence-corrected chi connectivity index (χ0v) is 11.8. The summed E-state index contributed by atoms with van der Waals surface area (Å²) in [5, 5.41) is 0. The summed E-state index contributed by atoms with van der Waals surface area (Å²) >= 11 is 3.15. The van der Waals surface area contributed by atoms with Gasteiger partial charge < -0.3 is 10.6 Å². The third-order valence-electron chi connectivity index (χ3n) is 3.28. The first-order valence-electron chi connectivity index (χ1n) is 5.97. The molecule has 1 aromatic rings. The highest BCUT2D eigenvalue weighted by Crippen LogP contribution is 2.33. The predicted octanol–water partition coefficient (Wildman–Crippen LogP) is 3.65. The van der Waals surface area contributed by atoms with Crippen LogP contribution in [-0.2, 0) is 0 Å². The SMILES string of the molecule is CC1CC(C)CN(c2cc(F)c(Br)cc2N)C1. The van der Waals surface area contributed by atoms with E-state index in [0.717, 1.165) is 18.8 Å². The Labute approximate surface area is 110 Å². The Kier molecular flexibility index (Phi) is 3.61. The Morgan fingerprint density at radius 1 is 1.29 bits per heavy atom. The lowest BCUT2D eigenvalue weighted by molar-refractivity contribution is 0.357. The van der Waals surface area contributed by atoms with Crippen molar-refractivity contribution < 1.29 is 4.39 Å². The number of piperidine rings is 1. The van der Waals surface area contributed by atoms with Crippen LogP contribution in [0, 0.1) is 17.7 Å². The van der Waals surface area contributed by atoms with Gasteiger partial charge in [0.2, 0.25) is 0 Å². The molecule has 0 bridgehead atoms. The van der Waals surface area contributed by atoms with E-state index in [9.17, 15) is 4.39 Å². The average Bonchev–Trinajstić information content (AvgIpc) is 2.22. The molecule has 0 radical (unpaired) electrons. The fraction of sp³-hybridized carbons (Fsp3) is 0.538. The highest BCUT2D eigenvalue weighted by atomic mass is 79.9. The molecule has 1 saturated heterocycles. The number of nitrogen functional groups attached to an aromatic ring is 1. The van der Waals surface area contributed by atoms with Gasteiger partial charge in [0.15, 0.2) is 0 Å². The molecule has 0 aromatic heterocycles. The van der Waals surface area contributed by atoms with Gasteiger partial charge in [-0.2, -0.15) is 0 Å². The molecule has 1 aliphatic rings. The second-order valence-electron chi connectivity index (χ2n) is 5.18. The van der Waals surface area contributed by atoms with Crippen LogP contribution in [0.15, 0.2) is 16.6 Å². The highest BCUT2D eigenvalue weighted by molar-refractivity contribution is 9.10. The van der Waals surface area contributed by atoms with Crippen molar-refractivity contribution >= 4 is 27.3 Å². The van der Waals surface area contributed by atoms with Gasteiger partial charge in [0.05, 0.1) is 15.8 Å². The zero-order valence-electron chi connectivity index (χ0n) is 10.2. The number of halogens is 2. The molecule has 0 spiro atoms. The summed E-state index contributed by atoms with van der Waals surface area (Å²) in [4.78, 5) is 2.20. The third-order valence-corrected chi connectivity index (χ3v) is 3.89. The predicted molar refractivity (Wildman–Crippen MR) is 73.7 cm³/mol. The summed E-state index contributed by atoms with van der Waals surface area (Å²) in [5.41, 5.74) is 7.44. The summed E-state index contributed by atoms with van der Waals surface area (Å²) in [6.07, 6.45) is 1.23. The number of rotatable bonds is 1. The Morgan fingerprint density at radius 2 is 1.88 bits per heavy atom. The molecule has 1 fully saturated rings. The van der Waals surface area contributed by atoms with Crippen molar-refractivity contribution in [2.45, 2.75) is 20.3 Å². The summed E-state index contributed by atoms with van der Waals surface area (Å²) < 4.78 is 14.0. The average molecular weight is 301 g/mol. The van der Waals surface area contributed by atoms with Gasteiger partial charge in [-0.1, -0.05) is 13.8 Å². The maximum absolute atomic E-state index is 13.6. The van der Waals surface area contributed by atoms with Crippen LogP contribution in [0.25, 0.3) is 0 Å². The first-order valence-corrected chi connectivity index (χ1v) is 6.76. The van der Waals surface area contributed by atoms with E-state index in [2.05, 4.69) is 34.7 Å². The lowest BCUT2D eigenvalue weighted by Gasteiger charge is -2.37. The third kappa shape index (κ3) is 2.73. The minimum Gasteiger partial charge on any atom is -0.397 e. The quantitative estimate of drug-likeness (QED) is 0.802. The normalized spacial score (nSPS) is 25.1. The molecule has 0 saturated carbocycles. The van der Waals surface area contributed by atoms with Crippen molar-refractivity contribution in [3.63, 3.8) is 0 Å². The first kappa shape index (κ1) is 12.7. The van der Waals surface area contributed by atoms with Crippen LogP contribution in [0.1, 0.15) is 20.3 Å². The fourth-order valence-electron chi connectivity index (χ4n) is 2.69. The van der Waals surface area contributed by atoms with E-state index in [1.807, 2.05) is 0 Å². The zero-order chi connectivity index (χ0) is 12.6. The molecule has 2 unspecified atom stereocenters. The van der Waals surface area contributed by atoms with E-state index in [4.69, 9.17) is 5.73 Å². The van der Waals surface area contributed by atoms with Crippen molar-refractivity contribution in [1.29, 1.82) is 0 Å². The van der Waals surface area contributed by atoms with E-state index in [1.165, 1.54) is 12.5 Å². The second-order valence-corrected chi connectivity index (χ2v) is 6.03. The molecule has 94 valence electrons. The lowest BCUT2D eigenvalue weighted by Crippen LogP contribution is -2.39. The van der Waals surface area contributed by atoms with Gasteiger partial charge in [-0.25, -0.2) is 4.39 Å². The van der Waals surface area contributed by atoms with Crippen LogP contribution in [-0.4, -0.2) is 13.1 Å². The Balaban J connectivity index is 2.30. The number of benzene rings is 1. The van der Waals surface area contributed by atoms with Crippen molar-refractivity contribution in [2.24, 2.45) is 11.8 Å². The van der Waals surface area contributed by atoms with Crippen molar-refractivity contribution in [1.82, 2.24) is 0 Å². The molecule has 0 amide bonds. The lowest BCUT2D eigenvalue weighted by atomic mass is 9.91. The van der Waals surface area contributed by atoms with Gasteiger partial charge in [0, 0.05) is 19.2 Å². The molecular weight excluding hydrogens is 283 g/mol. The van der Waals surface area contributed by atoms with Gasteiger partial charge in [0.25, 0.3) is 0 Å². The van der Waals surface area contributed by atoms with Crippen molar-refractivity contribution in [3.05, 3.63) is 22.4 Å². The second kappa shape index (κ2) is 4.84. The highest BCUT2D eigenvalue weighted by Gasteiger charge is 2.23. The standard InChI is InChI=1S/C13H18BrFN2/c1-8-3-9(2)7-17(6-8)13-5-11(15)10(14)4-12(13)16/h4-5,8-9H,3,6-7,16H2,1-2H3. The monoisotopic (exact) mass is 300 g/mol. The molecule has 2 N–H and O–H groups in total. The number of nitrogens with two attached hydrogens (primary N) is 1. The molecule has 2 rings (SSSR count). The Morgan fingerprint density at radius 3 is 2.47 bits per heavy atom. The smallest absolute Gasteiger partial charge is 0.139 e. The molecular formula is C13H18BrFN2. The number of anilines is 2. The number of hydrogen-bond donors (Lipinski definition) is 1. The number of nitrogens with zero attached hydrogens (tertiary/aromatic N) is 1. The topological polar surface area (TPSA) is 29.3 Å². The molecule has 1 heterocycles. The van der Waals surface area contributed by atoms with Crippen LogP contribution >= 0.6 is 15.9 Å². The molecule has 0 aliphatic carbocycles. The Bertz CT molecular complexity index is 412. The molecule has 2 atom stereocenters. The summed E-state index contributed by atoms with van der Waals surface area (Å²) in [7, 11) is 0. The first-order chi connectivity index (χ1) is 7.97. The van der Waals surface area contributed by atoms with E-state index in [1.54, 1.807) is 6.07 Å². The summed E-state index contributed by atoms with van der Waals surface area (Å²) in [6.45, 7) is 6.37. The maximum Gasteiger partial charge on any atom is 0.139 e. The van der Waals surface area contributed by atoms with Crippen molar-refractivity contribution in [3.8, 4) is 0 Å². The van der Waals surface area contributed by atoms with Crippen LogP contribution in [0.4, 0.5) is 15.8 Å². The van der Waals surface area contributed by atoms with Gasteiger partial charge >= 0.3 is 0 Å². The minimum atomic E-state index is -0.250. The molecule has 4 heteroatoms. The van der Waals surface area contributed by atoms with Gasteiger partial charge in [-0.05, 0) is 40.3 Å². The van der Waals surface area contributed by atoms with E-state index >= 15 is 0 Å². The minimum absolute atomic E-state index is 0.250. The van der Waals surface area contributed by atoms with Gasteiger partial charge in [-0.3, -0.25) is 0 Å².